The van der Waals surface area contributed by atoms with Crippen LogP contribution in [0.2, 0.25) is 0 Å². The third-order valence-corrected chi connectivity index (χ3v) is 4.10. The molecule has 1 aliphatic rings. The topological polar surface area (TPSA) is 86.2 Å². The van der Waals surface area contributed by atoms with Crippen LogP contribution in [0.15, 0.2) is 24.3 Å². The zero-order valence-corrected chi connectivity index (χ0v) is 10.9. The van der Waals surface area contributed by atoms with E-state index in [1.807, 2.05) is 13.2 Å². The van der Waals surface area contributed by atoms with E-state index in [1.165, 1.54) is 0 Å². The molecule has 0 aromatic heterocycles. The highest BCUT2D eigenvalue weighted by atomic mass is 32.2. The third-order valence-electron chi connectivity index (χ3n) is 3.27. The average molecular weight is 254 g/mol. The quantitative estimate of drug-likeness (QED) is 0.756. The molecule has 0 saturated carbocycles. The minimum atomic E-state index is -0.996. The van der Waals surface area contributed by atoms with Gasteiger partial charge in [-0.25, -0.2) is 0 Å². The second-order valence-corrected chi connectivity index (χ2v) is 5.19. The summed E-state index contributed by atoms with van der Waals surface area (Å²) >= 11 is 1.62. The first-order chi connectivity index (χ1) is 7.96. The number of hydrogen-bond acceptors (Lipinski definition) is 3. The van der Waals surface area contributed by atoms with Crippen LogP contribution in [-0.4, -0.2) is 23.8 Å². The van der Waals surface area contributed by atoms with Crippen molar-refractivity contribution in [3.8, 4) is 0 Å². The number of allylic oxidation sites excluding steroid dienone is 2. The van der Waals surface area contributed by atoms with E-state index < -0.39 is 23.1 Å². The molecule has 0 bridgehead atoms. The summed E-state index contributed by atoms with van der Waals surface area (Å²) in [6, 6.07) is 0. The van der Waals surface area contributed by atoms with Crippen LogP contribution in [0, 0.1) is 17.3 Å². The molecule has 0 spiro atoms. The first kappa shape index (κ1) is 13.8. The molecular weight excluding hydrogens is 236 g/mol. The van der Waals surface area contributed by atoms with Crippen LogP contribution in [-0.2, 0) is 9.59 Å². The van der Waals surface area contributed by atoms with E-state index in [0.29, 0.717) is 0 Å². The first-order valence-electron chi connectivity index (χ1n) is 5.41. The summed E-state index contributed by atoms with van der Waals surface area (Å²) in [5, 5.41) is 0. The Morgan fingerprint density at radius 1 is 1.41 bits per heavy atom. The van der Waals surface area contributed by atoms with E-state index in [-0.39, 0.29) is 5.92 Å². The minimum Gasteiger partial charge on any atom is -0.369 e. The van der Waals surface area contributed by atoms with E-state index in [1.54, 1.807) is 36.1 Å². The van der Waals surface area contributed by atoms with Gasteiger partial charge in [0.2, 0.25) is 11.8 Å². The van der Waals surface area contributed by atoms with E-state index in [9.17, 15) is 9.59 Å². The van der Waals surface area contributed by atoms with Crippen LogP contribution >= 0.6 is 11.8 Å². The molecule has 1 rings (SSSR count). The monoisotopic (exact) mass is 254 g/mol. The summed E-state index contributed by atoms with van der Waals surface area (Å²) < 4.78 is 0. The molecule has 3 unspecified atom stereocenters. The van der Waals surface area contributed by atoms with E-state index in [0.717, 1.165) is 5.75 Å². The predicted molar refractivity (Wildman–Crippen MR) is 70.1 cm³/mol. The highest BCUT2D eigenvalue weighted by Crippen LogP contribution is 2.41. The fraction of sp³-hybridized carbons (Fsp3) is 0.500. The molecule has 2 amide bonds. The standard InChI is InChI=1S/C12H18N2O2S/c1-8(7-17-2)12(11(14)16)6-4-3-5-9(12)10(13)15/h3-6,8-9H,7H2,1-2H3,(H2,13,15)(H2,14,16). The maximum absolute atomic E-state index is 11.8. The fourth-order valence-electron chi connectivity index (χ4n) is 2.32. The van der Waals surface area contributed by atoms with E-state index >= 15 is 0 Å². The number of primary amides is 2. The van der Waals surface area contributed by atoms with Gasteiger partial charge in [0.05, 0.1) is 11.3 Å². The Morgan fingerprint density at radius 3 is 2.53 bits per heavy atom. The largest absolute Gasteiger partial charge is 0.369 e. The molecule has 4 nitrogen and oxygen atoms in total. The van der Waals surface area contributed by atoms with Gasteiger partial charge in [0, 0.05) is 0 Å². The highest BCUT2D eigenvalue weighted by molar-refractivity contribution is 7.98. The van der Waals surface area contributed by atoms with E-state index in [2.05, 4.69) is 0 Å². The van der Waals surface area contributed by atoms with Gasteiger partial charge in [-0.05, 0) is 17.9 Å². The van der Waals surface area contributed by atoms with Gasteiger partial charge in [0.15, 0.2) is 0 Å². The lowest BCUT2D eigenvalue weighted by Gasteiger charge is -2.38. The average Bonchev–Trinajstić information content (AvgIpc) is 2.28. The Kier molecular flexibility index (Phi) is 4.40. The van der Waals surface area contributed by atoms with Gasteiger partial charge in [-0.3, -0.25) is 9.59 Å². The Hall–Kier alpha value is -1.23. The number of nitrogens with two attached hydrogens (primary N) is 2. The highest BCUT2D eigenvalue weighted by Gasteiger charge is 2.48. The summed E-state index contributed by atoms with van der Waals surface area (Å²) in [6.45, 7) is 1.92. The van der Waals surface area contributed by atoms with Gasteiger partial charge in [0.1, 0.15) is 0 Å². The maximum Gasteiger partial charge on any atom is 0.228 e. The maximum atomic E-state index is 11.8. The molecule has 0 aromatic rings. The van der Waals surface area contributed by atoms with Crippen molar-refractivity contribution in [2.75, 3.05) is 12.0 Å². The van der Waals surface area contributed by atoms with Crippen LogP contribution in [0.1, 0.15) is 6.92 Å². The number of amides is 2. The SMILES string of the molecule is CSCC(C)C1(C(N)=O)C=CC=CC1C(N)=O. The molecule has 5 heteroatoms. The Morgan fingerprint density at radius 2 is 2.06 bits per heavy atom. The molecule has 3 atom stereocenters. The Labute approximate surface area is 105 Å². The van der Waals surface area contributed by atoms with Gasteiger partial charge in [-0.2, -0.15) is 11.8 Å². The van der Waals surface area contributed by atoms with Gasteiger partial charge in [-0.15, -0.1) is 0 Å². The van der Waals surface area contributed by atoms with Crippen molar-refractivity contribution < 1.29 is 9.59 Å². The third kappa shape index (κ3) is 2.39. The molecule has 0 saturated heterocycles. The summed E-state index contributed by atoms with van der Waals surface area (Å²) in [5.41, 5.74) is 9.90. The summed E-state index contributed by atoms with van der Waals surface area (Å²) in [5.74, 6) is -0.980. The second-order valence-electron chi connectivity index (χ2n) is 4.28. The van der Waals surface area contributed by atoms with Gasteiger partial charge >= 0.3 is 0 Å². The number of hydrogen-bond donors (Lipinski definition) is 2. The molecular formula is C12H18N2O2S. The molecule has 0 heterocycles. The number of carbonyl (C=O) groups is 2. The molecule has 0 aliphatic heterocycles. The molecule has 4 N–H and O–H groups in total. The molecule has 94 valence electrons. The fourth-order valence-corrected chi connectivity index (χ4v) is 3.10. The number of thioether (sulfide) groups is 1. The van der Waals surface area contributed by atoms with Gasteiger partial charge < -0.3 is 11.5 Å². The zero-order valence-electron chi connectivity index (χ0n) is 10.1. The van der Waals surface area contributed by atoms with Crippen molar-refractivity contribution >= 4 is 23.6 Å². The number of carbonyl (C=O) groups excluding carboxylic acids is 2. The minimum absolute atomic E-state index is 0.0475. The van der Waals surface area contributed by atoms with Crippen LogP contribution in [0.25, 0.3) is 0 Å². The molecule has 0 radical (unpaired) electrons. The van der Waals surface area contributed by atoms with Crippen LogP contribution in [0.5, 0.6) is 0 Å². The van der Waals surface area contributed by atoms with Crippen molar-refractivity contribution in [2.24, 2.45) is 28.7 Å². The van der Waals surface area contributed by atoms with Gasteiger partial charge in [0.25, 0.3) is 0 Å². The zero-order chi connectivity index (χ0) is 13.1. The lowest BCUT2D eigenvalue weighted by atomic mass is 9.65. The van der Waals surface area contributed by atoms with Crippen LogP contribution < -0.4 is 11.5 Å². The lowest BCUT2D eigenvalue weighted by Crippen LogP contribution is -2.51. The first-order valence-corrected chi connectivity index (χ1v) is 6.80. The molecule has 0 fully saturated rings. The summed E-state index contributed by atoms with van der Waals surface area (Å²) in [6.07, 6.45) is 8.80. The van der Waals surface area contributed by atoms with Crippen molar-refractivity contribution in [3.63, 3.8) is 0 Å². The second kappa shape index (κ2) is 5.40. The van der Waals surface area contributed by atoms with Crippen molar-refractivity contribution in [1.82, 2.24) is 0 Å². The molecule has 17 heavy (non-hydrogen) atoms. The molecule has 0 aromatic carbocycles. The number of rotatable bonds is 5. The summed E-state index contributed by atoms with van der Waals surface area (Å²) in [7, 11) is 0. The van der Waals surface area contributed by atoms with Gasteiger partial charge in [-0.1, -0.05) is 31.2 Å². The normalized spacial score (nSPS) is 28.9. The lowest BCUT2D eigenvalue weighted by molar-refractivity contribution is -0.136. The molecule has 1 aliphatic carbocycles. The van der Waals surface area contributed by atoms with Crippen LogP contribution in [0.3, 0.4) is 0 Å². The van der Waals surface area contributed by atoms with Crippen molar-refractivity contribution in [2.45, 2.75) is 6.92 Å². The van der Waals surface area contributed by atoms with Crippen molar-refractivity contribution in [3.05, 3.63) is 24.3 Å². The van der Waals surface area contributed by atoms with Crippen molar-refractivity contribution in [1.29, 1.82) is 0 Å². The Bertz CT molecular complexity index is 379. The van der Waals surface area contributed by atoms with Crippen LogP contribution in [0.4, 0.5) is 0 Å². The predicted octanol–water partition coefficient (Wildman–Crippen LogP) is 0.685. The summed E-state index contributed by atoms with van der Waals surface area (Å²) in [4.78, 5) is 23.3. The Balaban J connectivity index is 3.21. The smallest absolute Gasteiger partial charge is 0.228 e. The van der Waals surface area contributed by atoms with E-state index in [4.69, 9.17) is 11.5 Å².